The molecule has 3 aliphatic heterocycles. The van der Waals surface area contributed by atoms with Crippen molar-refractivity contribution in [2.75, 3.05) is 18.9 Å². The Morgan fingerprint density at radius 2 is 1.56 bits per heavy atom. The van der Waals surface area contributed by atoms with E-state index in [9.17, 15) is 53.4 Å². The number of nitrogen functional groups attached to an aromatic ring is 1. The van der Waals surface area contributed by atoms with E-state index in [-0.39, 0.29) is 22.7 Å². The zero-order valence-electron chi connectivity index (χ0n) is 24.1. The number of aliphatic hydroxyl groups excluding tert-OH is 3. The average Bonchev–Trinajstić information content (AvgIpc) is 3.64. The van der Waals surface area contributed by atoms with Crippen LogP contribution in [0, 0.1) is 0 Å². The van der Waals surface area contributed by atoms with Crippen LogP contribution in [0.15, 0.2) is 36.7 Å². The number of imidazole rings is 1. The molecule has 0 spiro atoms. The minimum Gasteiger partial charge on any atom is -0.387 e. The van der Waals surface area contributed by atoms with Gasteiger partial charge in [-0.3, -0.25) is 22.9 Å². The van der Waals surface area contributed by atoms with Gasteiger partial charge in [-0.2, -0.15) is 4.31 Å². The van der Waals surface area contributed by atoms with Crippen molar-refractivity contribution in [1.29, 1.82) is 0 Å². The molecule has 24 nitrogen and oxygen atoms in total. The normalized spacial score (nSPS) is 31.9. The van der Waals surface area contributed by atoms with Crippen LogP contribution in [0.4, 0.5) is 5.82 Å². The molecule has 5 heterocycles. The fourth-order valence-corrected chi connectivity index (χ4v) is 7.64. The van der Waals surface area contributed by atoms with Crippen molar-refractivity contribution < 1.29 is 80.7 Å². The smallest absolute Gasteiger partial charge is 0.387 e. The lowest BCUT2D eigenvalue weighted by Gasteiger charge is -2.31. The highest BCUT2D eigenvalue weighted by Gasteiger charge is 2.51. The van der Waals surface area contributed by atoms with E-state index in [2.05, 4.69) is 23.8 Å². The van der Waals surface area contributed by atoms with E-state index < -0.39 is 91.7 Å². The fourth-order valence-electron chi connectivity index (χ4n) is 5.01. The number of aliphatic hydroxyl groups is 3. The Bertz CT molecular complexity index is 1740. The molecule has 2 unspecified atom stereocenters. The highest BCUT2D eigenvalue weighted by Crippen LogP contribution is 2.61. The maximum absolute atomic E-state index is 12.6. The van der Waals surface area contributed by atoms with Gasteiger partial charge in [0.2, 0.25) is 0 Å². The Morgan fingerprint density at radius 3 is 2.19 bits per heavy atom. The second-order valence-corrected chi connectivity index (χ2v) is 14.6. The lowest BCUT2D eigenvalue weighted by molar-refractivity contribution is -0.119. The molecule has 27 heteroatoms. The number of amides is 1. The molecule has 3 aliphatic rings. The summed E-state index contributed by atoms with van der Waals surface area (Å²) in [5.74, 6) is -0.917. The van der Waals surface area contributed by atoms with E-state index in [1.807, 2.05) is 0 Å². The molecule has 0 bridgehead atoms. The molecule has 0 aliphatic carbocycles. The summed E-state index contributed by atoms with van der Waals surface area (Å²) in [4.78, 5) is 63.6. The van der Waals surface area contributed by atoms with Gasteiger partial charge in [0.25, 0.3) is 5.91 Å². The van der Waals surface area contributed by atoms with E-state index in [1.165, 1.54) is 12.3 Å². The summed E-state index contributed by atoms with van der Waals surface area (Å²) in [6.07, 6.45) is -6.41. The Kier molecular flexibility index (Phi) is 10.6. The van der Waals surface area contributed by atoms with Crippen LogP contribution in [0.1, 0.15) is 12.6 Å². The largest absolute Gasteiger partial charge is 0.481 e. The molecule has 2 aromatic heterocycles. The minimum atomic E-state index is -5.53. The first-order valence-corrected chi connectivity index (χ1v) is 18.0. The van der Waals surface area contributed by atoms with Gasteiger partial charge >= 0.3 is 23.5 Å². The Hall–Kier alpha value is -2.73. The summed E-state index contributed by atoms with van der Waals surface area (Å²) in [5, 5.41) is 31.6. The Morgan fingerprint density at radius 1 is 0.938 bits per heavy atom. The maximum Gasteiger partial charge on any atom is 0.481 e. The van der Waals surface area contributed by atoms with Gasteiger partial charge in [-0.1, -0.05) is 12.2 Å². The van der Waals surface area contributed by atoms with Crippen LogP contribution in [0.2, 0.25) is 0 Å². The topological polar surface area (TPSA) is 364 Å². The van der Waals surface area contributed by atoms with Crippen molar-refractivity contribution in [3.05, 3.63) is 36.7 Å². The van der Waals surface area contributed by atoms with Crippen LogP contribution in [0.5, 0.6) is 0 Å². The molecule has 10 atom stereocenters. The van der Waals surface area contributed by atoms with Gasteiger partial charge in [0.15, 0.2) is 23.9 Å². The summed E-state index contributed by atoms with van der Waals surface area (Å²) in [5.41, 5.74) is 11.1. The highest BCUT2D eigenvalue weighted by atomic mass is 31.3. The third kappa shape index (κ3) is 8.01. The first-order chi connectivity index (χ1) is 22.4. The molecule has 1 amide bonds. The van der Waals surface area contributed by atoms with E-state index in [0.717, 1.165) is 22.1 Å². The minimum absolute atomic E-state index is 0.00230. The summed E-state index contributed by atoms with van der Waals surface area (Å²) < 4.78 is 67.2. The number of phosphoric ester groups is 3. The summed E-state index contributed by atoms with van der Waals surface area (Å²) in [7, 11) is -16.3. The number of phosphoric acid groups is 3. The predicted molar refractivity (Wildman–Crippen MR) is 153 cm³/mol. The third-order valence-electron chi connectivity index (χ3n) is 7.10. The molecule has 266 valence electrons. The number of ether oxygens (including phenoxy) is 2. The SMILES string of the molecule is NC(=O)C1=CCC=CN1[C@@H]1O[C@H](COP(=O)(O)OP(=O)(O)OC[C@H]2O[C@@H](n3cnc4c(N)ncnc43)[C@@H](OP(=O)(O)O)[C@H]2O)[C@H](O)[C@H]1O. The van der Waals surface area contributed by atoms with Gasteiger partial charge in [0, 0.05) is 6.20 Å². The second-order valence-electron chi connectivity index (χ2n) is 10.3. The van der Waals surface area contributed by atoms with E-state index in [0.29, 0.717) is 6.42 Å². The predicted octanol–water partition coefficient (Wildman–Crippen LogP) is -2.57. The number of rotatable bonds is 13. The van der Waals surface area contributed by atoms with Gasteiger partial charge in [0.1, 0.15) is 54.2 Å². The van der Waals surface area contributed by atoms with Crippen LogP contribution in [0.3, 0.4) is 0 Å². The monoisotopic (exact) mass is 745 g/mol. The van der Waals surface area contributed by atoms with Gasteiger partial charge in [-0.15, -0.1) is 0 Å². The summed E-state index contributed by atoms with van der Waals surface area (Å²) in [6, 6.07) is 0. The standard InChI is InChI=1S/C21H30N7O17P3/c22-17-12-19(25-7-24-17)28(8-26-12)21-16(44-46(33,34)35)14(30)11(43-21)6-41-48(38,39)45-47(36,37)40-5-10-13(29)15(31)20(42-10)27-4-2-1-3-9(27)18(23)32/h2-4,7-8,10-11,13-16,20-21,29-31H,1,5-6H2,(H2,23,32)(H,36,37)(H,38,39)(H2,22,24,25)(H2,33,34,35)/t10-,11-,13+,14+,15-,16+,20-,21-/m1/s1. The number of aromatic nitrogens is 4. The molecular formula is C21H30N7O17P3. The molecule has 2 aromatic rings. The van der Waals surface area contributed by atoms with Gasteiger partial charge in [-0.25, -0.2) is 28.6 Å². The molecular weight excluding hydrogens is 715 g/mol. The van der Waals surface area contributed by atoms with E-state index >= 15 is 0 Å². The number of nitrogens with zero attached hydrogens (tertiary/aromatic N) is 5. The first kappa shape index (κ1) is 36.5. The van der Waals surface area contributed by atoms with Crippen molar-refractivity contribution in [2.24, 2.45) is 5.73 Å². The second kappa shape index (κ2) is 13.9. The van der Waals surface area contributed by atoms with Crippen LogP contribution in [-0.2, 0) is 45.8 Å². The average molecular weight is 745 g/mol. The molecule has 5 rings (SSSR count). The summed E-state index contributed by atoms with van der Waals surface area (Å²) >= 11 is 0. The Labute approximate surface area is 268 Å². The van der Waals surface area contributed by atoms with Gasteiger partial charge in [-0.05, 0) is 6.42 Å². The number of fused-ring (bicyclic) bond motifs is 1. The number of carbonyl (C=O) groups excluding carboxylic acids is 1. The van der Waals surface area contributed by atoms with E-state index in [1.54, 1.807) is 6.08 Å². The number of carbonyl (C=O) groups is 1. The van der Waals surface area contributed by atoms with Crippen molar-refractivity contribution in [3.63, 3.8) is 0 Å². The van der Waals surface area contributed by atoms with Crippen LogP contribution < -0.4 is 11.5 Å². The summed E-state index contributed by atoms with van der Waals surface area (Å²) in [6.45, 7) is -2.05. The molecule has 2 fully saturated rings. The molecule has 2 saturated heterocycles. The molecule has 0 saturated carbocycles. The number of anilines is 1. The molecule has 0 radical (unpaired) electrons. The number of nitrogens with two attached hydrogens (primary N) is 2. The Balaban J connectivity index is 1.21. The number of allylic oxidation sites excluding steroid dienone is 2. The number of hydrogen-bond acceptors (Lipinski definition) is 18. The molecule has 0 aromatic carbocycles. The first-order valence-electron chi connectivity index (χ1n) is 13.5. The van der Waals surface area contributed by atoms with Crippen molar-refractivity contribution in [2.45, 2.75) is 55.5 Å². The lowest BCUT2D eigenvalue weighted by atomic mass is 10.1. The zero-order valence-corrected chi connectivity index (χ0v) is 26.8. The van der Waals surface area contributed by atoms with E-state index in [4.69, 9.17) is 30.0 Å². The zero-order chi connectivity index (χ0) is 35.2. The van der Waals surface area contributed by atoms with Gasteiger partial charge in [0.05, 0.1) is 19.5 Å². The maximum atomic E-state index is 12.6. The quantitative estimate of drug-likeness (QED) is 0.0951. The van der Waals surface area contributed by atoms with Crippen LogP contribution in [-0.4, -0.2) is 121 Å². The lowest BCUT2D eigenvalue weighted by Crippen LogP contribution is -2.44. The van der Waals surface area contributed by atoms with Crippen molar-refractivity contribution in [3.8, 4) is 0 Å². The van der Waals surface area contributed by atoms with Crippen molar-refractivity contribution in [1.82, 2.24) is 24.4 Å². The number of hydrogen-bond donors (Lipinski definition) is 9. The molecule has 48 heavy (non-hydrogen) atoms. The molecule has 11 N–H and O–H groups in total. The third-order valence-corrected chi connectivity index (χ3v) is 10.2. The fraction of sp³-hybridized carbons (Fsp3) is 0.524. The van der Waals surface area contributed by atoms with Crippen LogP contribution >= 0.6 is 23.5 Å². The highest BCUT2D eigenvalue weighted by molar-refractivity contribution is 7.61. The van der Waals surface area contributed by atoms with Crippen LogP contribution in [0.25, 0.3) is 11.2 Å². The number of primary amides is 1. The van der Waals surface area contributed by atoms with Gasteiger partial charge < -0.3 is 60.7 Å². The van der Waals surface area contributed by atoms with Crippen molar-refractivity contribution >= 4 is 46.4 Å².